The zero-order valence-corrected chi connectivity index (χ0v) is 12.6. The van der Waals surface area contributed by atoms with Gasteiger partial charge >= 0.3 is 0 Å². The third-order valence-electron chi connectivity index (χ3n) is 3.78. The second kappa shape index (κ2) is 5.87. The molecule has 1 heterocycles. The number of nitrogens with zero attached hydrogens (tertiary/aromatic N) is 1. The van der Waals surface area contributed by atoms with Gasteiger partial charge in [-0.25, -0.2) is 0 Å². The molecule has 0 radical (unpaired) electrons. The molecule has 2 nitrogen and oxygen atoms in total. The number of hydrogen-bond acceptors (Lipinski definition) is 1. The molecule has 0 spiro atoms. The maximum atomic E-state index is 12.5. The van der Waals surface area contributed by atoms with Crippen LogP contribution < -0.4 is 0 Å². The molecule has 1 saturated heterocycles. The number of carbonyl (C=O) groups excluding carboxylic acids is 1. The lowest BCUT2D eigenvalue weighted by molar-refractivity contribution is 0.0511. The third-order valence-corrected chi connectivity index (χ3v) is 4.43. The summed E-state index contributed by atoms with van der Waals surface area (Å²) >= 11 is 3.42. The van der Waals surface area contributed by atoms with Crippen molar-refractivity contribution in [3.63, 3.8) is 0 Å². The number of likely N-dealkylation sites (tertiary alicyclic amines) is 1. The van der Waals surface area contributed by atoms with Gasteiger partial charge in [0.1, 0.15) is 0 Å². The van der Waals surface area contributed by atoms with Gasteiger partial charge in [-0.1, -0.05) is 28.1 Å². The minimum absolute atomic E-state index is 0.177. The summed E-state index contributed by atoms with van der Waals surface area (Å²) in [4.78, 5) is 14.6. The monoisotopic (exact) mass is 309 g/mol. The summed E-state index contributed by atoms with van der Waals surface area (Å²) in [5.41, 5.74) is 2.01. The Morgan fingerprint density at radius 1 is 1.22 bits per heavy atom. The summed E-state index contributed by atoms with van der Waals surface area (Å²) in [6.45, 7) is 4.31. The lowest BCUT2D eigenvalue weighted by atomic mass is 9.96. The van der Waals surface area contributed by atoms with Crippen molar-refractivity contribution in [1.82, 2.24) is 4.90 Å². The van der Waals surface area contributed by atoms with E-state index in [-0.39, 0.29) is 5.91 Å². The summed E-state index contributed by atoms with van der Waals surface area (Å²) in [5, 5.41) is 0.831. The van der Waals surface area contributed by atoms with Crippen LogP contribution in [0.4, 0.5) is 0 Å². The Bertz CT molecular complexity index is 405. The molecular formula is C15H20BrNO. The van der Waals surface area contributed by atoms with Gasteiger partial charge in [-0.3, -0.25) is 4.79 Å². The number of halogens is 1. The quantitative estimate of drug-likeness (QED) is 0.757. The first-order valence-electron chi connectivity index (χ1n) is 6.61. The van der Waals surface area contributed by atoms with Crippen molar-refractivity contribution < 1.29 is 4.79 Å². The van der Waals surface area contributed by atoms with E-state index in [1.807, 2.05) is 29.2 Å². The fourth-order valence-corrected chi connectivity index (χ4v) is 3.08. The van der Waals surface area contributed by atoms with Crippen LogP contribution in [-0.2, 0) is 5.33 Å². The van der Waals surface area contributed by atoms with E-state index in [1.165, 1.54) is 12.0 Å². The lowest BCUT2D eigenvalue weighted by Gasteiger charge is -2.39. The van der Waals surface area contributed by atoms with Gasteiger partial charge in [0.15, 0.2) is 0 Å². The van der Waals surface area contributed by atoms with Crippen LogP contribution in [0, 0.1) is 0 Å². The third kappa shape index (κ3) is 2.77. The van der Waals surface area contributed by atoms with E-state index >= 15 is 0 Å². The normalized spacial score (nSPS) is 24.1. The first-order chi connectivity index (χ1) is 8.63. The molecule has 98 valence electrons. The molecule has 1 aromatic carbocycles. The molecule has 1 aliphatic rings. The molecule has 1 aromatic rings. The van der Waals surface area contributed by atoms with Crippen molar-refractivity contribution >= 4 is 21.8 Å². The molecule has 18 heavy (non-hydrogen) atoms. The first kappa shape index (κ1) is 13.6. The average Bonchev–Trinajstić information content (AvgIpc) is 2.38. The highest BCUT2D eigenvalue weighted by molar-refractivity contribution is 9.08. The Morgan fingerprint density at radius 2 is 1.78 bits per heavy atom. The number of piperidine rings is 1. The van der Waals surface area contributed by atoms with Gasteiger partial charge in [0, 0.05) is 23.0 Å². The standard InChI is InChI=1S/C15H20BrNO/c1-11-4-3-5-12(2)17(11)15(18)14-8-6-13(10-16)7-9-14/h6-9,11-12H,3-5,10H2,1-2H3/t11-,12+. The zero-order chi connectivity index (χ0) is 13.1. The van der Waals surface area contributed by atoms with Crippen molar-refractivity contribution in [2.75, 3.05) is 0 Å². The van der Waals surface area contributed by atoms with E-state index in [2.05, 4.69) is 29.8 Å². The number of benzene rings is 1. The molecule has 0 aliphatic carbocycles. The highest BCUT2D eigenvalue weighted by atomic mass is 79.9. The van der Waals surface area contributed by atoms with Gasteiger partial charge in [-0.15, -0.1) is 0 Å². The topological polar surface area (TPSA) is 20.3 Å². The van der Waals surface area contributed by atoms with Crippen LogP contribution in [0.1, 0.15) is 49.0 Å². The van der Waals surface area contributed by atoms with Gasteiger partial charge in [0.05, 0.1) is 0 Å². The average molecular weight is 310 g/mol. The van der Waals surface area contributed by atoms with Crippen molar-refractivity contribution in [2.45, 2.75) is 50.5 Å². The van der Waals surface area contributed by atoms with Crippen molar-refractivity contribution in [2.24, 2.45) is 0 Å². The van der Waals surface area contributed by atoms with E-state index in [1.54, 1.807) is 0 Å². The Balaban J connectivity index is 2.18. The second-order valence-corrected chi connectivity index (χ2v) is 5.73. The summed E-state index contributed by atoms with van der Waals surface area (Å²) < 4.78 is 0. The number of rotatable bonds is 2. The molecule has 0 bridgehead atoms. The van der Waals surface area contributed by atoms with E-state index in [4.69, 9.17) is 0 Å². The lowest BCUT2D eigenvalue weighted by Crippen LogP contribution is -2.47. The molecule has 3 heteroatoms. The fourth-order valence-electron chi connectivity index (χ4n) is 2.71. The Labute approximate surface area is 117 Å². The molecule has 1 fully saturated rings. The van der Waals surface area contributed by atoms with E-state index in [0.29, 0.717) is 12.1 Å². The van der Waals surface area contributed by atoms with Crippen LogP contribution >= 0.6 is 15.9 Å². The van der Waals surface area contributed by atoms with Crippen LogP contribution in [0.15, 0.2) is 24.3 Å². The van der Waals surface area contributed by atoms with Gasteiger partial charge in [0.2, 0.25) is 0 Å². The molecule has 0 unspecified atom stereocenters. The predicted octanol–water partition coefficient (Wildman–Crippen LogP) is 3.98. The second-order valence-electron chi connectivity index (χ2n) is 5.17. The van der Waals surface area contributed by atoms with Gasteiger partial charge in [0.25, 0.3) is 5.91 Å². The summed E-state index contributed by atoms with van der Waals surface area (Å²) in [7, 11) is 0. The van der Waals surface area contributed by atoms with Crippen LogP contribution in [0.2, 0.25) is 0 Å². The largest absolute Gasteiger partial charge is 0.333 e. The summed E-state index contributed by atoms with van der Waals surface area (Å²) in [6, 6.07) is 8.62. The first-order valence-corrected chi connectivity index (χ1v) is 7.73. The van der Waals surface area contributed by atoms with Gasteiger partial charge < -0.3 is 4.90 Å². The smallest absolute Gasteiger partial charge is 0.254 e. The van der Waals surface area contributed by atoms with Crippen LogP contribution in [-0.4, -0.2) is 22.9 Å². The van der Waals surface area contributed by atoms with E-state index < -0.39 is 0 Å². The molecule has 1 aliphatic heterocycles. The van der Waals surface area contributed by atoms with Crippen molar-refractivity contribution in [3.05, 3.63) is 35.4 Å². The Morgan fingerprint density at radius 3 is 2.28 bits per heavy atom. The van der Waals surface area contributed by atoms with Crippen LogP contribution in [0.3, 0.4) is 0 Å². The van der Waals surface area contributed by atoms with E-state index in [9.17, 15) is 4.79 Å². The maximum absolute atomic E-state index is 12.5. The minimum atomic E-state index is 0.177. The van der Waals surface area contributed by atoms with Gasteiger partial charge in [-0.05, 0) is 50.8 Å². The zero-order valence-electron chi connectivity index (χ0n) is 11.0. The summed E-state index contributed by atoms with van der Waals surface area (Å²) in [6.07, 6.45) is 3.47. The Hall–Kier alpha value is -0.830. The highest BCUT2D eigenvalue weighted by Gasteiger charge is 2.29. The predicted molar refractivity (Wildman–Crippen MR) is 78.0 cm³/mol. The highest BCUT2D eigenvalue weighted by Crippen LogP contribution is 2.24. The molecule has 0 aromatic heterocycles. The number of carbonyl (C=O) groups is 1. The van der Waals surface area contributed by atoms with Crippen molar-refractivity contribution in [1.29, 1.82) is 0 Å². The minimum Gasteiger partial charge on any atom is -0.333 e. The molecular weight excluding hydrogens is 290 g/mol. The summed E-state index contributed by atoms with van der Waals surface area (Å²) in [5.74, 6) is 0.177. The van der Waals surface area contributed by atoms with Crippen LogP contribution in [0.25, 0.3) is 0 Å². The molecule has 1 amide bonds. The molecule has 0 N–H and O–H groups in total. The molecule has 2 rings (SSSR count). The maximum Gasteiger partial charge on any atom is 0.254 e. The van der Waals surface area contributed by atoms with E-state index in [0.717, 1.165) is 23.7 Å². The van der Waals surface area contributed by atoms with Crippen LogP contribution in [0.5, 0.6) is 0 Å². The number of alkyl halides is 1. The molecule has 0 saturated carbocycles. The molecule has 2 atom stereocenters. The number of hydrogen-bond donors (Lipinski definition) is 0. The van der Waals surface area contributed by atoms with Crippen molar-refractivity contribution in [3.8, 4) is 0 Å². The van der Waals surface area contributed by atoms with Gasteiger partial charge in [-0.2, -0.15) is 0 Å². The fraction of sp³-hybridized carbons (Fsp3) is 0.533. The SMILES string of the molecule is C[C@@H]1CCC[C@H](C)N1C(=O)c1ccc(CBr)cc1. The Kier molecular flexibility index (Phi) is 4.44. The number of amides is 1.